The van der Waals surface area contributed by atoms with Crippen molar-refractivity contribution in [2.75, 3.05) is 6.54 Å². The molecule has 1 N–H and O–H groups in total. The van der Waals surface area contributed by atoms with E-state index >= 15 is 0 Å². The summed E-state index contributed by atoms with van der Waals surface area (Å²) in [5.74, 6) is 0.0287. The quantitative estimate of drug-likeness (QED) is 0.848. The molecule has 0 aromatic heterocycles. The van der Waals surface area contributed by atoms with Crippen LogP contribution in [0.5, 0.6) is 0 Å². The molecule has 1 aliphatic carbocycles. The molecule has 0 fully saturated rings. The van der Waals surface area contributed by atoms with Crippen LogP contribution in [0.25, 0.3) is 0 Å². The number of hydrogen-bond donors (Lipinski definition) is 1. The first-order valence-electron chi connectivity index (χ1n) is 5.71. The molecule has 0 radical (unpaired) electrons. The van der Waals surface area contributed by atoms with Crippen molar-refractivity contribution in [3.8, 4) is 0 Å². The number of nitrogens with one attached hydrogen (secondary N) is 1. The molecule has 1 aromatic carbocycles. The van der Waals surface area contributed by atoms with Gasteiger partial charge in [-0.15, -0.1) is 0 Å². The molecule has 3 heteroatoms. The van der Waals surface area contributed by atoms with Crippen LogP contribution in [-0.4, -0.2) is 17.3 Å². The Balaban J connectivity index is 2.06. The molecule has 1 aromatic rings. The normalized spacial score (nSPS) is 15.6. The summed E-state index contributed by atoms with van der Waals surface area (Å²) in [5.41, 5.74) is 3.54. The Morgan fingerprint density at radius 3 is 2.94 bits per heavy atom. The van der Waals surface area contributed by atoms with Crippen molar-refractivity contribution in [2.24, 2.45) is 0 Å². The SMILES string of the molecule is CC(Br)CNC(=O)c1ccc2c(c1)CCC2. The molecule has 1 unspecified atom stereocenters. The fourth-order valence-electron chi connectivity index (χ4n) is 2.05. The minimum absolute atomic E-state index is 0.0287. The third kappa shape index (κ3) is 2.64. The Labute approximate surface area is 105 Å². The molecular formula is C13H16BrNO. The van der Waals surface area contributed by atoms with E-state index in [2.05, 4.69) is 27.3 Å². The Morgan fingerprint density at radius 1 is 1.44 bits per heavy atom. The highest BCUT2D eigenvalue weighted by Gasteiger charge is 2.13. The fourth-order valence-corrected chi connectivity index (χ4v) is 2.21. The van der Waals surface area contributed by atoms with Crippen LogP contribution < -0.4 is 5.32 Å². The number of halogens is 1. The van der Waals surface area contributed by atoms with Crippen molar-refractivity contribution >= 4 is 21.8 Å². The number of fused-ring (bicyclic) bond motifs is 1. The zero-order valence-electron chi connectivity index (χ0n) is 9.42. The first kappa shape index (κ1) is 11.6. The van der Waals surface area contributed by atoms with Gasteiger partial charge in [-0.3, -0.25) is 4.79 Å². The van der Waals surface area contributed by atoms with Crippen molar-refractivity contribution in [2.45, 2.75) is 31.0 Å². The van der Waals surface area contributed by atoms with Gasteiger partial charge in [-0.25, -0.2) is 0 Å². The van der Waals surface area contributed by atoms with Crippen LogP contribution in [0.3, 0.4) is 0 Å². The number of benzene rings is 1. The topological polar surface area (TPSA) is 29.1 Å². The van der Waals surface area contributed by atoms with Crippen molar-refractivity contribution in [1.29, 1.82) is 0 Å². The summed E-state index contributed by atoms with van der Waals surface area (Å²) in [6.07, 6.45) is 3.50. The lowest BCUT2D eigenvalue weighted by Crippen LogP contribution is -2.28. The second-order valence-electron chi connectivity index (χ2n) is 4.33. The molecule has 0 heterocycles. The highest BCUT2D eigenvalue weighted by molar-refractivity contribution is 9.09. The molecule has 0 saturated heterocycles. The van der Waals surface area contributed by atoms with Crippen LogP contribution in [0.4, 0.5) is 0 Å². The molecule has 1 amide bonds. The van der Waals surface area contributed by atoms with Gasteiger partial charge in [0.15, 0.2) is 0 Å². The molecule has 86 valence electrons. The second-order valence-corrected chi connectivity index (χ2v) is 5.89. The van der Waals surface area contributed by atoms with Crippen molar-refractivity contribution in [1.82, 2.24) is 5.32 Å². The Morgan fingerprint density at radius 2 is 2.19 bits per heavy atom. The van der Waals surface area contributed by atoms with Gasteiger partial charge in [-0.05, 0) is 42.5 Å². The molecule has 2 rings (SSSR count). The fraction of sp³-hybridized carbons (Fsp3) is 0.462. The first-order valence-corrected chi connectivity index (χ1v) is 6.62. The Kier molecular flexibility index (Phi) is 3.64. The number of carbonyl (C=O) groups excluding carboxylic acids is 1. The highest BCUT2D eigenvalue weighted by Crippen LogP contribution is 2.22. The van der Waals surface area contributed by atoms with Gasteiger partial charge in [-0.1, -0.05) is 28.9 Å². The van der Waals surface area contributed by atoms with E-state index in [1.807, 2.05) is 19.1 Å². The molecule has 0 saturated carbocycles. The minimum atomic E-state index is 0.0287. The van der Waals surface area contributed by atoms with Crippen LogP contribution in [0.15, 0.2) is 18.2 Å². The maximum absolute atomic E-state index is 11.8. The molecular weight excluding hydrogens is 266 g/mol. The third-order valence-electron chi connectivity index (χ3n) is 2.90. The summed E-state index contributed by atoms with van der Waals surface area (Å²) < 4.78 is 0. The summed E-state index contributed by atoms with van der Waals surface area (Å²) >= 11 is 3.41. The van der Waals surface area contributed by atoms with Gasteiger partial charge in [-0.2, -0.15) is 0 Å². The zero-order chi connectivity index (χ0) is 11.5. The summed E-state index contributed by atoms with van der Waals surface area (Å²) in [7, 11) is 0. The molecule has 0 aliphatic heterocycles. The van der Waals surface area contributed by atoms with Gasteiger partial charge in [0.25, 0.3) is 5.91 Å². The molecule has 1 aliphatic rings. The van der Waals surface area contributed by atoms with Gasteiger partial charge in [0.1, 0.15) is 0 Å². The van der Waals surface area contributed by atoms with E-state index in [9.17, 15) is 4.79 Å². The molecule has 16 heavy (non-hydrogen) atoms. The smallest absolute Gasteiger partial charge is 0.251 e. The number of carbonyl (C=O) groups is 1. The van der Waals surface area contributed by atoms with Gasteiger partial charge in [0.05, 0.1) is 0 Å². The van der Waals surface area contributed by atoms with Crippen LogP contribution in [0.2, 0.25) is 0 Å². The molecule has 0 spiro atoms. The average molecular weight is 282 g/mol. The van der Waals surface area contributed by atoms with Gasteiger partial charge >= 0.3 is 0 Å². The minimum Gasteiger partial charge on any atom is -0.351 e. The lowest BCUT2D eigenvalue weighted by atomic mass is 10.1. The monoisotopic (exact) mass is 281 g/mol. The molecule has 0 bridgehead atoms. The predicted molar refractivity (Wildman–Crippen MR) is 69.2 cm³/mol. The summed E-state index contributed by atoms with van der Waals surface area (Å²) in [4.78, 5) is 12.1. The van der Waals surface area contributed by atoms with Crippen molar-refractivity contribution < 1.29 is 4.79 Å². The number of alkyl halides is 1. The third-order valence-corrected chi connectivity index (χ3v) is 3.23. The highest BCUT2D eigenvalue weighted by atomic mass is 79.9. The van der Waals surface area contributed by atoms with Crippen LogP contribution in [0.1, 0.15) is 34.8 Å². The Bertz CT molecular complexity index is 401. The van der Waals surface area contributed by atoms with E-state index in [0.29, 0.717) is 11.4 Å². The van der Waals surface area contributed by atoms with E-state index in [1.165, 1.54) is 17.5 Å². The van der Waals surface area contributed by atoms with E-state index in [0.717, 1.165) is 18.4 Å². The van der Waals surface area contributed by atoms with Gasteiger partial charge in [0, 0.05) is 16.9 Å². The van der Waals surface area contributed by atoms with E-state index < -0.39 is 0 Å². The average Bonchev–Trinajstić information content (AvgIpc) is 2.72. The van der Waals surface area contributed by atoms with E-state index in [1.54, 1.807) is 0 Å². The molecule has 2 nitrogen and oxygen atoms in total. The lowest BCUT2D eigenvalue weighted by Gasteiger charge is -2.08. The van der Waals surface area contributed by atoms with Crippen LogP contribution in [-0.2, 0) is 12.8 Å². The lowest BCUT2D eigenvalue weighted by molar-refractivity contribution is 0.0954. The second kappa shape index (κ2) is 5.00. The number of hydrogen-bond acceptors (Lipinski definition) is 1. The van der Waals surface area contributed by atoms with Gasteiger partial charge in [0.2, 0.25) is 0 Å². The maximum atomic E-state index is 11.8. The zero-order valence-corrected chi connectivity index (χ0v) is 11.0. The molecule has 1 atom stereocenters. The number of aryl methyl sites for hydroxylation is 2. The first-order chi connectivity index (χ1) is 7.66. The van der Waals surface area contributed by atoms with Crippen LogP contribution >= 0.6 is 15.9 Å². The maximum Gasteiger partial charge on any atom is 0.251 e. The predicted octanol–water partition coefficient (Wildman–Crippen LogP) is 2.69. The summed E-state index contributed by atoms with van der Waals surface area (Å²) in [6, 6.07) is 6.06. The van der Waals surface area contributed by atoms with E-state index in [-0.39, 0.29) is 5.91 Å². The largest absolute Gasteiger partial charge is 0.351 e. The summed E-state index contributed by atoms with van der Waals surface area (Å²) in [5, 5.41) is 2.90. The Hall–Kier alpha value is -0.830. The summed E-state index contributed by atoms with van der Waals surface area (Å²) in [6.45, 7) is 2.68. The number of rotatable bonds is 3. The van der Waals surface area contributed by atoms with Crippen molar-refractivity contribution in [3.05, 3.63) is 34.9 Å². The number of amides is 1. The van der Waals surface area contributed by atoms with Crippen LogP contribution in [0, 0.1) is 0 Å². The van der Waals surface area contributed by atoms with Gasteiger partial charge < -0.3 is 5.32 Å². The van der Waals surface area contributed by atoms with Crippen molar-refractivity contribution in [3.63, 3.8) is 0 Å². The standard InChI is InChI=1S/C13H16BrNO/c1-9(14)8-15-13(16)12-6-5-10-3-2-4-11(10)7-12/h5-7,9H,2-4,8H2,1H3,(H,15,16). The van der Waals surface area contributed by atoms with E-state index in [4.69, 9.17) is 0 Å².